The van der Waals surface area contributed by atoms with Gasteiger partial charge in [-0.1, -0.05) is 22.9 Å². The Hall–Kier alpha value is -3.13. The quantitative estimate of drug-likeness (QED) is 0.796. The van der Waals surface area contributed by atoms with Crippen molar-refractivity contribution < 1.29 is 29.2 Å². The summed E-state index contributed by atoms with van der Waals surface area (Å²) >= 11 is 0. The molecule has 1 aliphatic carbocycles. The molecule has 1 aromatic carbocycles. The lowest BCUT2D eigenvalue weighted by Gasteiger charge is -2.19. The third kappa shape index (κ3) is 2.52. The number of aliphatic hydroxyl groups is 1. The van der Waals surface area contributed by atoms with E-state index in [0.717, 1.165) is 9.58 Å². The Morgan fingerprint density at radius 1 is 1.17 bits per heavy atom. The number of hydrogen-bond donors (Lipinski definition) is 1. The summed E-state index contributed by atoms with van der Waals surface area (Å²) in [6.45, 7) is 0. The first kappa shape index (κ1) is 15.8. The summed E-state index contributed by atoms with van der Waals surface area (Å²) in [6.07, 6.45) is 1.77. The second-order valence-corrected chi connectivity index (χ2v) is 4.98. The minimum atomic E-state index is -1.08. The molecule has 0 bridgehead atoms. The largest absolute Gasteiger partial charge is 0.824 e. The van der Waals surface area contributed by atoms with E-state index in [0.29, 0.717) is 5.69 Å². The number of carbonyl (C=O) groups excluding carboxylic acids is 1. The van der Waals surface area contributed by atoms with Gasteiger partial charge in [0.2, 0.25) is 6.02 Å². The lowest BCUT2D eigenvalue weighted by atomic mass is 10.1. The molecule has 0 saturated heterocycles. The van der Waals surface area contributed by atoms with Gasteiger partial charge in [-0.15, -0.1) is 4.90 Å². The third-order valence-electron chi connectivity index (χ3n) is 3.60. The Morgan fingerprint density at radius 2 is 1.75 bits per heavy atom. The molecule has 1 N–H and O–H groups in total. The van der Waals surface area contributed by atoms with E-state index in [9.17, 15) is 15.0 Å². The van der Waals surface area contributed by atoms with Gasteiger partial charge in [-0.05, 0) is 17.2 Å². The Bertz CT molecular complexity index is 771. The number of amides is 2. The normalized spacial score (nSPS) is 20.6. The third-order valence-corrected chi connectivity index (χ3v) is 3.60. The lowest BCUT2D eigenvalue weighted by Crippen LogP contribution is -2.40. The maximum Gasteiger partial charge on any atom is 0.530 e. The fourth-order valence-corrected chi connectivity index (χ4v) is 2.41. The number of urea groups is 1. The maximum atomic E-state index is 12.6. The zero-order chi connectivity index (χ0) is 17.3. The van der Waals surface area contributed by atoms with Crippen LogP contribution >= 0.6 is 0 Å². The highest BCUT2D eigenvalue weighted by molar-refractivity contribution is 6.14. The average molecular weight is 329 g/mol. The fourth-order valence-electron chi connectivity index (χ4n) is 2.41. The molecule has 2 amide bonds. The number of para-hydroxylation sites is 1. The molecule has 1 aliphatic heterocycles. The van der Waals surface area contributed by atoms with Crippen molar-refractivity contribution in [1.82, 2.24) is 0 Å². The van der Waals surface area contributed by atoms with E-state index < -0.39 is 18.2 Å². The minimum absolute atomic E-state index is 0.179. The average Bonchev–Trinajstić information content (AvgIpc) is 2.90. The lowest BCUT2D eigenvalue weighted by molar-refractivity contribution is -0.426. The molecule has 8 nitrogen and oxygen atoms in total. The van der Waals surface area contributed by atoms with Crippen LogP contribution in [0.15, 0.2) is 59.1 Å². The van der Waals surface area contributed by atoms with E-state index in [1.807, 2.05) is 0 Å². The first-order chi connectivity index (χ1) is 11.6. The van der Waals surface area contributed by atoms with Gasteiger partial charge in [0, 0.05) is 12.2 Å². The van der Waals surface area contributed by atoms with Crippen molar-refractivity contribution >= 4 is 23.5 Å². The molecule has 0 unspecified atom stereocenters. The highest BCUT2D eigenvalue weighted by Gasteiger charge is 2.39. The fraction of sp³-hybridized carbons (Fsp3) is 0.188. The summed E-state index contributed by atoms with van der Waals surface area (Å²) in [5, 5.41) is 25.9. The van der Waals surface area contributed by atoms with Gasteiger partial charge in [0.1, 0.15) is 17.2 Å². The van der Waals surface area contributed by atoms with E-state index >= 15 is 0 Å². The highest BCUT2D eigenvalue weighted by atomic mass is 16.5. The molecule has 2 aliphatic rings. The molecular formula is C16H15N3O5. The minimum Gasteiger partial charge on any atom is -0.824 e. The van der Waals surface area contributed by atoms with Crippen molar-refractivity contribution in [2.75, 3.05) is 19.1 Å². The second kappa shape index (κ2) is 6.17. The second-order valence-electron chi connectivity index (χ2n) is 4.98. The number of ether oxygens (including phenoxy) is 2. The van der Waals surface area contributed by atoms with Crippen LogP contribution in [-0.2, 0) is 9.47 Å². The van der Waals surface area contributed by atoms with E-state index in [-0.39, 0.29) is 17.2 Å². The van der Waals surface area contributed by atoms with Gasteiger partial charge < -0.3 is 19.7 Å². The number of carbonyl (C=O) groups is 1. The van der Waals surface area contributed by atoms with Crippen LogP contribution in [0.3, 0.4) is 0 Å². The Labute approximate surface area is 137 Å². The van der Waals surface area contributed by atoms with Gasteiger partial charge in [-0.2, -0.15) is 4.79 Å². The van der Waals surface area contributed by atoms with Gasteiger partial charge in [-0.3, -0.25) is 0 Å². The molecule has 3 rings (SSSR count). The van der Waals surface area contributed by atoms with Crippen molar-refractivity contribution in [1.29, 1.82) is 0 Å². The van der Waals surface area contributed by atoms with Crippen LogP contribution in [-0.4, -0.2) is 47.9 Å². The predicted octanol–water partition coefficient (Wildman–Crippen LogP) is 0.146. The van der Waals surface area contributed by atoms with Crippen LogP contribution < -0.4 is 10.0 Å². The molecule has 0 saturated carbocycles. The number of hydrogen-bond acceptors (Lipinski definition) is 6. The Kier molecular flexibility index (Phi) is 4.05. The Balaban J connectivity index is 2.06. The van der Waals surface area contributed by atoms with Crippen molar-refractivity contribution in [3.63, 3.8) is 0 Å². The van der Waals surface area contributed by atoms with Crippen LogP contribution in [0.4, 0.5) is 10.5 Å². The van der Waals surface area contributed by atoms with Crippen molar-refractivity contribution in [3.8, 4) is 0 Å². The maximum absolute atomic E-state index is 12.6. The first-order valence-corrected chi connectivity index (χ1v) is 7.08. The predicted molar refractivity (Wildman–Crippen MR) is 83.2 cm³/mol. The molecule has 1 heterocycles. The first-order valence-electron chi connectivity index (χ1n) is 7.08. The number of methoxy groups -OCH3 is 2. The number of amidine groups is 1. The van der Waals surface area contributed by atoms with Gasteiger partial charge in [0.15, 0.2) is 11.8 Å². The van der Waals surface area contributed by atoms with Crippen LogP contribution in [0.2, 0.25) is 0 Å². The molecule has 24 heavy (non-hydrogen) atoms. The molecule has 0 atom stereocenters. The molecule has 8 heteroatoms. The molecule has 0 radical (unpaired) electrons. The SMILES string of the molecule is COC1=CC(=[N+]2N=C([O-])N(c3ccccc3)C2=O)C=C(OC)C1O. The number of anilines is 1. The monoisotopic (exact) mass is 329 g/mol. The topological polar surface area (TPSA) is 97.4 Å². The smallest absolute Gasteiger partial charge is 0.530 e. The number of rotatable bonds is 3. The number of allylic oxidation sites excluding steroid dienone is 2. The van der Waals surface area contributed by atoms with Gasteiger partial charge >= 0.3 is 6.03 Å². The molecule has 0 aromatic heterocycles. The standard InChI is InChI=1S/C16H15N3O5/c1-23-12-8-11(9-13(24-2)14(12)20)19-16(22)18(15(21)17-19)10-6-4-3-5-7-10/h3-9,14,20H,1-2H3. The number of hydrazone groups is 1. The summed E-state index contributed by atoms with van der Waals surface area (Å²) in [6, 6.07) is 7.15. The van der Waals surface area contributed by atoms with Gasteiger partial charge in [0.25, 0.3) is 0 Å². The molecule has 0 fully saturated rings. The van der Waals surface area contributed by atoms with Gasteiger partial charge in [0.05, 0.1) is 14.2 Å². The van der Waals surface area contributed by atoms with Crippen molar-refractivity contribution in [2.45, 2.75) is 6.10 Å². The molecule has 0 spiro atoms. The van der Waals surface area contributed by atoms with E-state index in [1.165, 1.54) is 26.4 Å². The summed E-state index contributed by atoms with van der Waals surface area (Å²) in [7, 11) is 2.77. The number of benzene rings is 1. The summed E-state index contributed by atoms with van der Waals surface area (Å²) in [5.41, 5.74) is 0.674. The van der Waals surface area contributed by atoms with Crippen LogP contribution in [0.5, 0.6) is 0 Å². The van der Waals surface area contributed by atoms with Crippen molar-refractivity contribution in [3.05, 3.63) is 54.0 Å². The highest BCUT2D eigenvalue weighted by Crippen LogP contribution is 2.22. The Morgan fingerprint density at radius 3 is 2.29 bits per heavy atom. The molecule has 1 aromatic rings. The van der Waals surface area contributed by atoms with Crippen LogP contribution in [0, 0.1) is 0 Å². The summed E-state index contributed by atoms with van der Waals surface area (Å²) < 4.78 is 11.1. The summed E-state index contributed by atoms with van der Waals surface area (Å²) in [5.74, 6) is 0.357. The molecule has 124 valence electrons. The number of nitrogens with zero attached hydrogens (tertiary/aromatic N) is 3. The zero-order valence-corrected chi connectivity index (χ0v) is 13.0. The van der Waals surface area contributed by atoms with Gasteiger partial charge in [-0.25, -0.2) is 0 Å². The van der Waals surface area contributed by atoms with Crippen molar-refractivity contribution in [2.24, 2.45) is 5.10 Å². The van der Waals surface area contributed by atoms with E-state index in [2.05, 4.69) is 5.10 Å². The molecular weight excluding hydrogens is 314 g/mol. The van der Waals surface area contributed by atoms with Crippen LogP contribution in [0.1, 0.15) is 0 Å². The summed E-state index contributed by atoms with van der Waals surface area (Å²) in [4.78, 5) is 13.6. The van der Waals surface area contributed by atoms with Crippen LogP contribution in [0.25, 0.3) is 0 Å². The van der Waals surface area contributed by atoms with E-state index in [1.54, 1.807) is 30.3 Å². The van der Waals surface area contributed by atoms with E-state index in [4.69, 9.17) is 9.47 Å². The number of aliphatic hydroxyl groups excluding tert-OH is 1. The zero-order valence-electron chi connectivity index (χ0n) is 13.0.